The van der Waals surface area contributed by atoms with Gasteiger partial charge in [0.1, 0.15) is 11.9 Å². The van der Waals surface area contributed by atoms with Gasteiger partial charge in [-0.05, 0) is 30.3 Å². The molecule has 0 bridgehead atoms. The van der Waals surface area contributed by atoms with E-state index in [9.17, 15) is 9.18 Å². The topological polar surface area (TPSA) is 123 Å². The van der Waals surface area contributed by atoms with Gasteiger partial charge in [0.05, 0.1) is 37.3 Å². The summed E-state index contributed by atoms with van der Waals surface area (Å²) < 4.78 is 24.6. The largest absolute Gasteiger partial charge is 0.461 e. The molecule has 0 radical (unpaired) electrons. The second kappa shape index (κ2) is 8.88. The number of hydrogen-bond acceptors (Lipinski definition) is 7. The number of halogens is 1. The number of carbonyl (C=O) groups is 1. The number of rotatable bonds is 7. The Morgan fingerprint density at radius 3 is 3.00 bits per heavy atom. The molecule has 0 spiro atoms. The van der Waals surface area contributed by atoms with E-state index < -0.39 is 18.0 Å². The first-order valence-electron chi connectivity index (χ1n) is 8.48. The molecule has 1 aliphatic heterocycles. The molecule has 1 atom stereocenters. The molecule has 28 heavy (non-hydrogen) atoms. The molecule has 1 saturated heterocycles. The van der Waals surface area contributed by atoms with Crippen LogP contribution in [0.2, 0.25) is 0 Å². The van der Waals surface area contributed by atoms with Crippen molar-refractivity contribution < 1.29 is 23.4 Å². The third-order valence-electron chi connectivity index (χ3n) is 3.95. The Labute approximate surface area is 160 Å². The lowest BCUT2D eigenvalue weighted by Gasteiger charge is -2.14. The summed E-state index contributed by atoms with van der Waals surface area (Å²) in [4.78, 5) is 17.7. The fraction of sp³-hybridized carbons (Fsp3) is 0.278. The first-order chi connectivity index (χ1) is 13.6. The molecule has 1 amide bonds. The number of carbonyl (C=O) groups excluding carboxylic acids is 1. The maximum atomic E-state index is 14.2. The second-order valence-electron chi connectivity index (χ2n) is 5.83. The van der Waals surface area contributed by atoms with Crippen LogP contribution in [0, 0.1) is 17.3 Å². The number of aliphatic imine (C=N–C) groups is 1. The van der Waals surface area contributed by atoms with Crippen LogP contribution in [0.1, 0.15) is 5.76 Å². The predicted molar refractivity (Wildman–Crippen MR) is 98.5 cm³/mol. The standard InChI is InChI=1S/C18H18FN5O4/c19-14-8-12(3-4-15(14)21-5-6-25)24-10-13(28-18(24)26)9-22-17(23-11-20)16-2-1-7-27-16/h1-4,7-8,13,21,25H,5-6,9-10H2,(H,22,23)/t13-/m0/s1. The number of ether oxygens (including phenoxy) is 1. The van der Waals surface area contributed by atoms with Gasteiger partial charge in [0, 0.05) is 6.54 Å². The molecule has 2 heterocycles. The highest BCUT2D eigenvalue weighted by molar-refractivity contribution is 5.97. The first-order valence-corrected chi connectivity index (χ1v) is 8.48. The summed E-state index contributed by atoms with van der Waals surface area (Å²) in [5.74, 6) is 0.0710. The highest BCUT2D eigenvalue weighted by atomic mass is 19.1. The third kappa shape index (κ3) is 4.39. The predicted octanol–water partition coefficient (Wildman–Crippen LogP) is 1.67. The van der Waals surface area contributed by atoms with Crippen LogP contribution in [0.4, 0.5) is 20.6 Å². The average molecular weight is 387 g/mol. The van der Waals surface area contributed by atoms with Crippen LogP contribution in [-0.2, 0) is 4.74 Å². The van der Waals surface area contributed by atoms with Crippen molar-refractivity contribution in [3.63, 3.8) is 0 Å². The summed E-state index contributed by atoms with van der Waals surface area (Å²) in [7, 11) is 0. The highest BCUT2D eigenvalue weighted by Gasteiger charge is 2.32. The number of benzene rings is 1. The van der Waals surface area contributed by atoms with Gasteiger partial charge in [-0.3, -0.25) is 15.2 Å². The van der Waals surface area contributed by atoms with E-state index in [1.165, 1.54) is 23.3 Å². The van der Waals surface area contributed by atoms with Crippen LogP contribution in [-0.4, -0.2) is 49.4 Å². The van der Waals surface area contributed by atoms with Crippen molar-refractivity contribution in [1.82, 2.24) is 5.32 Å². The van der Waals surface area contributed by atoms with Gasteiger partial charge in [0.15, 0.2) is 17.8 Å². The number of nitrogens with zero attached hydrogens (tertiary/aromatic N) is 3. The molecule has 3 N–H and O–H groups in total. The number of furan rings is 1. The summed E-state index contributed by atoms with van der Waals surface area (Å²) >= 11 is 0. The normalized spacial score (nSPS) is 16.6. The molecule has 146 valence electrons. The van der Waals surface area contributed by atoms with Crippen molar-refractivity contribution in [2.45, 2.75) is 6.10 Å². The van der Waals surface area contributed by atoms with Crippen LogP contribution in [0.25, 0.3) is 0 Å². The quantitative estimate of drug-likeness (QED) is 0.286. The summed E-state index contributed by atoms with van der Waals surface area (Å²) in [5.41, 5.74) is 0.585. The number of nitrogens with one attached hydrogen (secondary N) is 2. The molecule has 1 fully saturated rings. The highest BCUT2D eigenvalue weighted by Crippen LogP contribution is 2.26. The van der Waals surface area contributed by atoms with Crippen molar-refractivity contribution in [2.75, 3.05) is 36.5 Å². The number of aliphatic hydroxyl groups is 1. The number of amides is 1. The molecule has 1 aromatic heterocycles. The van der Waals surface area contributed by atoms with E-state index in [1.807, 2.05) is 0 Å². The number of anilines is 2. The summed E-state index contributed by atoms with van der Waals surface area (Å²) in [5, 5.41) is 22.8. The molecule has 0 aliphatic carbocycles. The van der Waals surface area contributed by atoms with Gasteiger partial charge in [-0.25, -0.2) is 9.18 Å². The summed E-state index contributed by atoms with van der Waals surface area (Å²) in [6.45, 7) is 0.383. The van der Waals surface area contributed by atoms with E-state index in [1.54, 1.807) is 24.4 Å². The number of nitriles is 1. The minimum atomic E-state index is -0.608. The van der Waals surface area contributed by atoms with Gasteiger partial charge in [-0.1, -0.05) is 0 Å². The van der Waals surface area contributed by atoms with Crippen LogP contribution < -0.4 is 15.5 Å². The fourth-order valence-electron chi connectivity index (χ4n) is 2.67. The molecule has 0 saturated carbocycles. The zero-order chi connectivity index (χ0) is 19.9. The molecule has 9 nitrogen and oxygen atoms in total. The zero-order valence-corrected chi connectivity index (χ0v) is 14.8. The Morgan fingerprint density at radius 1 is 1.46 bits per heavy atom. The van der Waals surface area contributed by atoms with Gasteiger partial charge in [0.25, 0.3) is 0 Å². The van der Waals surface area contributed by atoms with Crippen molar-refractivity contribution in [3.8, 4) is 6.19 Å². The zero-order valence-electron chi connectivity index (χ0n) is 14.8. The number of hydrogen-bond donors (Lipinski definition) is 3. The lowest BCUT2D eigenvalue weighted by atomic mass is 10.2. The summed E-state index contributed by atoms with van der Waals surface area (Å²) in [6.07, 6.45) is 2.06. The minimum Gasteiger partial charge on any atom is -0.461 e. The van der Waals surface area contributed by atoms with Crippen LogP contribution >= 0.6 is 0 Å². The molecule has 10 heteroatoms. The van der Waals surface area contributed by atoms with Crippen molar-refractivity contribution >= 4 is 23.3 Å². The van der Waals surface area contributed by atoms with E-state index in [0.29, 0.717) is 11.4 Å². The van der Waals surface area contributed by atoms with Crippen LogP contribution in [0.15, 0.2) is 46.0 Å². The van der Waals surface area contributed by atoms with E-state index in [-0.39, 0.29) is 37.8 Å². The van der Waals surface area contributed by atoms with E-state index in [4.69, 9.17) is 19.5 Å². The van der Waals surface area contributed by atoms with Crippen molar-refractivity contribution in [1.29, 1.82) is 5.26 Å². The molecular weight excluding hydrogens is 369 g/mol. The van der Waals surface area contributed by atoms with Crippen LogP contribution in [0.5, 0.6) is 0 Å². The Morgan fingerprint density at radius 2 is 2.32 bits per heavy atom. The molecular formula is C18H18FN5O4. The lowest BCUT2D eigenvalue weighted by molar-refractivity contribution is 0.145. The molecule has 0 unspecified atom stereocenters. The Kier molecular flexibility index (Phi) is 6.08. The van der Waals surface area contributed by atoms with Gasteiger partial charge >= 0.3 is 6.09 Å². The van der Waals surface area contributed by atoms with Gasteiger partial charge in [-0.15, -0.1) is 0 Å². The third-order valence-corrected chi connectivity index (χ3v) is 3.95. The van der Waals surface area contributed by atoms with Crippen molar-refractivity contribution in [2.24, 2.45) is 4.99 Å². The first kappa shape index (κ1) is 19.2. The monoisotopic (exact) mass is 387 g/mol. The van der Waals surface area contributed by atoms with Crippen molar-refractivity contribution in [3.05, 3.63) is 48.2 Å². The van der Waals surface area contributed by atoms with E-state index >= 15 is 0 Å². The molecule has 3 rings (SSSR count). The SMILES string of the molecule is N#CNC(=NC[C@H]1CN(c2ccc(NCCO)c(F)c2)C(=O)O1)c1ccco1. The lowest BCUT2D eigenvalue weighted by Crippen LogP contribution is -2.26. The molecule has 1 aliphatic rings. The maximum Gasteiger partial charge on any atom is 0.414 e. The molecule has 2 aromatic rings. The second-order valence-corrected chi connectivity index (χ2v) is 5.83. The van der Waals surface area contributed by atoms with Gasteiger partial charge in [0.2, 0.25) is 0 Å². The smallest absolute Gasteiger partial charge is 0.414 e. The average Bonchev–Trinajstić information content (AvgIpc) is 3.34. The minimum absolute atomic E-state index is 0.103. The number of amidine groups is 1. The fourth-order valence-corrected chi connectivity index (χ4v) is 2.67. The van der Waals surface area contributed by atoms with Gasteiger partial charge < -0.3 is 19.6 Å². The number of aliphatic hydroxyl groups excluding tert-OH is 1. The molecule has 1 aromatic carbocycles. The van der Waals surface area contributed by atoms with Gasteiger partial charge in [-0.2, -0.15) is 5.26 Å². The Hall–Kier alpha value is -3.58. The van der Waals surface area contributed by atoms with Crippen LogP contribution in [0.3, 0.4) is 0 Å². The number of cyclic esters (lactones) is 1. The van der Waals surface area contributed by atoms with E-state index in [0.717, 1.165) is 0 Å². The van der Waals surface area contributed by atoms with E-state index in [2.05, 4.69) is 15.6 Å². The maximum absolute atomic E-state index is 14.2. The summed E-state index contributed by atoms with van der Waals surface area (Å²) in [6, 6.07) is 7.60. The Bertz CT molecular complexity index is 894. The Balaban J connectivity index is 1.67.